The van der Waals surface area contributed by atoms with E-state index < -0.39 is 0 Å². The molecule has 0 saturated heterocycles. The molecule has 1 heterocycles. The molecule has 2 aromatic rings. The van der Waals surface area contributed by atoms with Crippen LogP contribution in [0.15, 0.2) is 24.4 Å². The van der Waals surface area contributed by atoms with E-state index in [9.17, 15) is 0 Å². The average Bonchev–Trinajstić information content (AvgIpc) is 2.86. The van der Waals surface area contributed by atoms with Gasteiger partial charge in [-0.2, -0.15) is 0 Å². The standard InChI is InChI=1S/C14H18N2O2S/c1-15-8-11-9-16-14(19-11)7-10-4-5-12(17-2)13(6-10)18-3/h4-6,9,15H,7-8H2,1-3H3. The maximum atomic E-state index is 5.31. The number of rotatable bonds is 6. The summed E-state index contributed by atoms with van der Waals surface area (Å²) in [5, 5.41) is 4.24. The molecule has 0 saturated carbocycles. The molecular weight excluding hydrogens is 260 g/mol. The molecule has 0 bridgehead atoms. The van der Waals surface area contributed by atoms with Crippen LogP contribution < -0.4 is 14.8 Å². The molecule has 0 aliphatic rings. The van der Waals surface area contributed by atoms with Crippen molar-refractivity contribution >= 4 is 11.3 Å². The van der Waals surface area contributed by atoms with E-state index in [1.807, 2.05) is 31.4 Å². The zero-order valence-electron chi connectivity index (χ0n) is 11.4. The number of hydrogen-bond donors (Lipinski definition) is 1. The molecule has 0 aliphatic heterocycles. The van der Waals surface area contributed by atoms with Crippen molar-refractivity contribution in [1.82, 2.24) is 10.3 Å². The van der Waals surface area contributed by atoms with Gasteiger partial charge >= 0.3 is 0 Å². The smallest absolute Gasteiger partial charge is 0.160 e. The van der Waals surface area contributed by atoms with Crippen molar-refractivity contribution in [3.63, 3.8) is 0 Å². The van der Waals surface area contributed by atoms with E-state index in [1.54, 1.807) is 25.6 Å². The molecule has 0 amide bonds. The molecule has 19 heavy (non-hydrogen) atoms. The van der Waals surface area contributed by atoms with Crippen molar-refractivity contribution in [3.05, 3.63) is 39.8 Å². The lowest BCUT2D eigenvalue weighted by atomic mass is 10.1. The number of benzene rings is 1. The Morgan fingerprint density at radius 1 is 1.21 bits per heavy atom. The molecular formula is C14H18N2O2S. The molecule has 5 heteroatoms. The minimum atomic E-state index is 0.751. The predicted octanol–water partition coefficient (Wildman–Crippen LogP) is 2.47. The fourth-order valence-corrected chi connectivity index (χ4v) is 2.82. The third-order valence-electron chi connectivity index (χ3n) is 2.76. The monoisotopic (exact) mass is 278 g/mol. The Bertz CT molecular complexity index is 540. The highest BCUT2D eigenvalue weighted by Crippen LogP contribution is 2.29. The topological polar surface area (TPSA) is 43.4 Å². The molecule has 2 rings (SSSR count). The molecule has 1 N–H and O–H groups in total. The molecule has 102 valence electrons. The van der Waals surface area contributed by atoms with Crippen LogP contribution in [0.1, 0.15) is 15.4 Å². The van der Waals surface area contributed by atoms with Crippen LogP contribution in [-0.2, 0) is 13.0 Å². The summed E-state index contributed by atoms with van der Waals surface area (Å²) in [6, 6.07) is 5.97. The molecule has 4 nitrogen and oxygen atoms in total. The Balaban J connectivity index is 2.13. The van der Waals surface area contributed by atoms with Crippen LogP contribution in [0.4, 0.5) is 0 Å². The van der Waals surface area contributed by atoms with Gasteiger partial charge < -0.3 is 14.8 Å². The zero-order chi connectivity index (χ0) is 13.7. The third kappa shape index (κ3) is 3.45. The highest BCUT2D eigenvalue weighted by Gasteiger charge is 2.07. The molecule has 0 aliphatic carbocycles. The van der Waals surface area contributed by atoms with Gasteiger partial charge in [-0.25, -0.2) is 4.98 Å². The Morgan fingerprint density at radius 3 is 2.68 bits per heavy atom. The maximum Gasteiger partial charge on any atom is 0.160 e. The van der Waals surface area contributed by atoms with E-state index in [2.05, 4.69) is 10.3 Å². The van der Waals surface area contributed by atoms with Crippen LogP contribution in [0.3, 0.4) is 0 Å². The lowest BCUT2D eigenvalue weighted by molar-refractivity contribution is 0.354. The summed E-state index contributed by atoms with van der Waals surface area (Å²) in [6.45, 7) is 0.865. The van der Waals surface area contributed by atoms with Gasteiger partial charge in [0.2, 0.25) is 0 Å². The maximum absolute atomic E-state index is 5.31. The van der Waals surface area contributed by atoms with Crippen molar-refractivity contribution in [2.75, 3.05) is 21.3 Å². The number of thiazole rings is 1. The van der Waals surface area contributed by atoms with Crippen LogP contribution in [0.2, 0.25) is 0 Å². The first-order valence-electron chi connectivity index (χ1n) is 6.06. The Labute approximate surface area is 117 Å². The minimum absolute atomic E-state index is 0.751. The molecule has 0 atom stereocenters. The second-order valence-electron chi connectivity index (χ2n) is 4.12. The molecule has 0 fully saturated rings. The third-order valence-corrected chi connectivity index (χ3v) is 3.75. The van der Waals surface area contributed by atoms with Gasteiger partial charge in [-0.15, -0.1) is 11.3 Å². The first-order valence-corrected chi connectivity index (χ1v) is 6.87. The van der Waals surface area contributed by atoms with E-state index in [-0.39, 0.29) is 0 Å². The fourth-order valence-electron chi connectivity index (χ4n) is 1.85. The van der Waals surface area contributed by atoms with Gasteiger partial charge in [0.1, 0.15) is 0 Å². The predicted molar refractivity (Wildman–Crippen MR) is 77.2 cm³/mol. The SMILES string of the molecule is CNCc1cnc(Cc2ccc(OC)c(OC)c2)s1. The minimum Gasteiger partial charge on any atom is -0.493 e. The summed E-state index contributed by atoms with van der Waals surface area (Å²) < 4.78 is 10.5. The van der Waals surface area contributed by atoms with Gasteiger partial charge in [-0.05, 0) is 24.7 Å². The summed E-state index contributed by atoms with van der Waals surface area (Å²) in [4.78, 5) is 5.68. The lowest BCUT2D eigenvalue weighted by Gasteiger charge is -2.08. The highest BCUT2D eigenvalue weighted by molar-refractivity contribution is 7.11. The van der Waals surface area contributed by atoms with E-state index in [1.165, 1.54) is 10.4 Å². The summed E-state index contributed by atoms with van der Waals surface area (Å²) in [7, 11) is 5.23. The number of ether oxygens (including phenoxy) is 2. The summed E-state index contributed by atoms with van der Waals surface area (Å²) in [5.74, 6) is 1.51. The van der Waals surface area contributed by atoms with Gasteiger partial charge in [0.25, 0.3) is 0 Å². The summed E-state index contributed by atoms with van der Waals surface area (Å²) >= 11 is 1.73. The molecule has 1 aromatic carbocycles. The second kappa shape index (κ2) is 6.54. The van der Waals surface area contributed by atoms with Crippen LogP contribution in [0.5, 0.6) is 11.5 Å². The molecule has 0 radical (unpaired) electrons. The first-order chi connectivity index (χ1) is 9.26. The Hall–Kier alpha value is -1.59. The fraction of sp³-hybridized carbons (Fsp3) is 0.357. The Morgan fingerprint density at radius 2 is 2.00 bits per heavy atom. The van der Waals surface area contributed by atoms with E-state index in [4.69, 9.17) is 9.47 Å². The van der Waals surface area contributed by atoms with Crippen LogP contribution in [0.25, 0.3) is 0 Å². The van der Waals surface area contributed by atoms with Crippen LogP contribution in [0, 0.1) is 0 Å². The second-order valence-corrected chi connectivity index (χ2v) is 5.32. The van der Waals surface area contributed by atoms with Gasteiger partial charge in [0.15, 0.2) is 11.5 Å². The molecule has 0 spiro atoms. The van der Waals surface area contributed by atoms with Crippen molar-refractivity contribution in [3.8, 4) is 11.5 Å². The quantitative estimate of drug-likeness (QED) is 0.881. The van der Waals surface area contributed by atoms with Crippen molar-refractivity contribution in [2.45, 2.75) is 13.0 Å². The van der Waals surface area contributed by atoms with Crippen LogP contribution in [-0.4, -0.2) is 26.3 Å². The van der Waals surface area contributed by atoms with Crippen molar-refractivity contribution in [2.24, 2.45) is 0 Å². The normalized spacial score (nSPS) is 10.5. The van der Waals surface area contributed by atoms with E-state index >= 15 is 0 Å². The zero-order valence-corrected chi connectivity index (χ0v) is 12.2. The van der Waals surface area contributed by atoms with Crippen molar-refractivity contribution in [1.29, 1.82) is 0 Å². The Kier molecular flexibility index (Phi) is 4.76. The van der Waals surface area contributed by atoms with Crippen LogP contribution >= 0.6 is 11.3 Å². The summed E-state index contributed by atoms with van der Waals surface area (Å²) in [6.07, 6.45) is 2.74. The van der Waals surface area contributed by atoms with E-state index in [0.29, 0.717) is 0 Å². The lowest BCUT2D eigenvalue weighted by Crippen LogP contribution is -2.02. The molecule has 0 unspecified atom stereocenters. The number of nitrogens with zero attached hydrogens (tertiary/aromatic N) is 1. The number of nitrogens with one attached hydrogen (secondary N) is 1. The summed E-state index contributed by atoms with van der Waals surface area (Å²) in [5.41, 5.74) is 1.17. The van der Waals surface area contributed by atoms with Gasteiger partial charge in [-0.1, -0.05) is 6.07 Å². The van der Waals surface area contributed by atoms with Crippen molar-refractivity contribution < 1.29 is 9.47 Å². The highest BCUT2D eigenvalue weighted by atomic mass is 32.1. The average molecular weight is 278 g/mol. The van der Waals surface area contributed by atoms with E-state index in [0.717, 1.165) is 29.5 Å². The molecule has 1 aromatic heterocycles. The van der Waals surface area contributed by atoms with Gasteiger partial charge in [0.05, 0.1) is 19.2 Å². The first kappa shape index (κ1) is 13.8. The number of hydrogen-bond acceptors (Lipinski definition) is 5. The largest absolute Gasteiger partial charge is 0.493 e. The number of aromatic nitrogens is 1. The number of methoxy groups -OCH3 is 2. The van der Waals surface area contributed by atoms with Gasteiger partial charge in [0, 0.05) is 24.0 Å². The van der Waals surface area contributed by atoms with Gasteiger partial charge in [-0.3, -0.25) is 0 Å².